The minimum atomic E-state index is 0.334. The molecule has 2 atom stereocenters. The number of nitrogens with zero attached hydrogens (tertiary/aromatic N) is 3. The SMILES string of the molecule is CCN(CC)CCCN1C(c2ccc(C3CCCN3)cc2)=CN2c3ccccc3S[C@H]12. The molecule has 0 aliphatic carbocycles. The van der Waals surface area contributed by atoms with Crippen LogP contribution in [0.25, 0.3) is 5.70 Å². The second-order valence-electron chi connectivity index (χ2n) is 8.68. The van der Waals surface area contributed by atoms with Gasteiger partial charge in [0.25, 0.3) is 0 Å². The van der Waals surface area contributed by atoms with E-state index in [4.69, 9.17) is 0 Å². The van der Waals surface area contributed by atoms with E-state index in [1.807, 2.05) is 11.8 Å². The van der Waals surface area contributed by atoms with Gasteiger partial charge in [0.2, 0.25) is 0 Å². The van der Waals surface area contributed by atoms with E-state index < -0.39 is 0 Å². The topological polar surface area (TPSA) is 21.8 Å². The Morgan fingerprint density at radius 3 is 2.61 bits per heavy atom. The second-order valence-corrected chi connectivity index (χ2v) is 9.78. The number of nitrogens with one attached hydrogen (secondary N) is 1. The molecule has 0 bridgehead atoms. The van der Waals surface area contributed by atoms with E-state index >= 15 is 0 Å². The fourth-order valence-corrected chi connectivity index (χ4v) is 6.38. The predicted octanol–water partition coefficient (Wildman–Crippen LogP) is 5.35. The molecule has 1 N–H and O–H groups in total. The summed E-state index contributed by atoms with van der Waals surface area (Å²) in [5.41, 5.74) is 5.79. The van der Waals surface area contributed by atoms with E-state index in [-0.39, 0.29) is 0 Å². The standard InChI is InChI=1S/C26H34N4S/c1-3-28(4-2)17-8-18-29-24(19-30-23-10-5-6-11-25(23)31-26(29)30)21-14-12-20(13-15-21)22-9-7-16-27-22/h5-6,10-15,19,22,26-27H,3-4,7-9,16-18H2,1-2H3/t22?,26-/m1/s1. The predicted molar refractivity (Wildman–Crippen MR) is 132 cm³/mol. The summed E-state index contributed by atoms with van der Waals surface area (Å²) in [6, 6.07) is 18.7. The zero-order valence-corrected chi connectivity index (χ0v) is 19.6. The van der Waals surface area contributed by atoms with Gasteiger partial charge in [-0.25, -0.2) is 0 Å². The Kier molecular flexibility index (Phi) is 6.26. The molecule has 1 fully saturated rings. The summed E-state index contributed by atoms with van der Waals surface area (Å²) in [6.45, 7) is 10.2. The molecule has 0 radical (unpaired) electrons. The van der Waals surface area contributed by atoms with E-state index in [0.717, 1.165) is 32.7 Å². The monoisotopic (exact) mass is 434 g/mol. The molecule has 5 heteroatoms. The Morgan fingerprint density at radius 1 is 1.06 bits per heavy atom. The van der Waals surface area contributed by atoms with Gasteiger partial charge in [0, 0.05) is 23.7 Å². The molecule has 0 spiro atoms. The van der Waals surface area contributed by atoms with Crippen LogP contribution in [0.2, 0.25) is 0 Å². The fraction of sp³-hybridized carbons (Fsp3) is 0.462. The highest BCUT2D eigenvalue weighted by Gasteiger charge is 2.39. The zero-order chi connectivity index (χ0) is 21.2. The third-order valence-corrected chi connectivity index (χ3v) is 8.18. The Bertz CT molecular complexity index is 915. The van der Waals surface area contributed by atoms with Gasteiger partial charge in [0.1, 0.15) is 0 Å². The van der Waals surface area contributed by atoms with Crippen molar-refractivity contribution in [1.82, 2.24) is 15.1 Å². The number of thioether (sulfide) groups is 1. The molecule has 3 heterocycles. The molecular weight excluding hydrogens is 400 g/mol. The third-order valence-electron chi connectivity index (χ3n) is 6.89. The lowest BCUT2D eigenvalue weighted by Crippen LogP contribution is -2.36. The van der Waals surface area contributed by atoms with Crippen molar-refractivity contribution in [2.75, 3.05) is 37.6 Å². The van der Waals surface area contributed by atoms with Crippen molar-refractivity contribution in [3.05, 3.63) is 65.9 Å². The van der Waals surface area contributed by atoms with E-state index in [1.165, 1.54) is 46.7 Å². The van der Waals surface area contributed by atoms with E-state index in [0.29, 0.717) is 11.5 Å². The summed E-state index contributed by atoms with van der Waals surface area (Å²) in [5.74, 6) is 0. The van der Waals surface area contributed by atoms with Crippen molar-refractivity contribution >= 4 is 23.1 Å². The molecular formula is C26H34N4S. The van der Waals surface area contributed by atoms with Gasteiger partial charge in [-0.2, -0.15) is 0 Å². The number of para-hydroxylation sites is 1. The van der Waals surface area contributed by atoms with Crippen LogP contribution in [0.15, 0.2) is 59.6 Å². The molecule has 0 amide bonds. The van der Waals surface area contributed by atoms with Crippen LogP contribution < -0.4 is 10.2 Å². The van der Waals surface area contributed by atoms with Crippen molar-refractivity contribution in [2.24, 2.45) is 0 Å². The van der Waals surface area contributed by atoms with Gasteiger partial charge in [-0.05, 0) is 68.7 Å². The number of benzene rings is 2. The van der Waals surface area contributed by atoms with Crippen LogP contribution in [0.1, 0.15) is 50.3 Å². The first-order valence-electron chi connectivity index (χ1n) is 11.9. The van der Waals surface area contributed by atoms with Gasteiger partial charge in [-0.1, -0.05) is 62.0 Å². The first-order valence-corrected chi connectivity index (χ1v) is 12.7. The Hall–Kier alpha value is -1.95. The van der Waals surface area contributed by atoms with Crippen LogP contribution in [-0.2, 0) is 0 Å². The minimum absolute atomic E-state index is 0.334. The van der Waals surface area contributed by atoms with Gasteiger partial charge < -0.3 is 20.0 Å². The molecule has 4 nitrogen and oxygen atoms in total. The molecule has 1 unspecified atom stereocenters. The molecule has 2 aromatic rings. The second kappa shape index (κ2) is 9.27. The number of anilines is 1. The molecule has 164 valence electrons. The maximum Gasteiger partial charge on any atom is 0.159 e. The Balaban J connectivity index is 1.39. The molecule has 0 aromatic heterocycles. The molecule has 3 aliphatic heterocycles. The number of hydrogen-bond acceptors (Lipinski definition) is 5. The highest BCUT2D eigenvalue weighted by molar-refractivity contribution is 8.00. The van der Waals surface area contributed by atoms with E-state index in [9.17, 15) is 0 Å². The van der Waals surface area contributed by atoms with Crippen molar-refractivity contribution < 1.29 is 0 Å². The number of fused-ring (bicyclic) bond motifs is 3. The summed E-state index contributed by atoms with van der Waals surface area (Å²) >= 11 is 1.98. The van der Waals surface area contributed by atoms with Crippen LogP contribution in [0.4, 0.5) is 5.69 Å². The molecule has 3 aliphatic rings. The van der Waals surface area contributed by atoms with Crippen molar-refractivity contribution in [1.29, 1.82) is 0 Å². The van der Waals surface area contributed by atoms with Crippen LogP contribution in [0, 0.1) is 0 Å². The minimum Gasteiger partial charge on any atom is -0.340 e. The third kappa shape index (κ3) is 4.11. The molecule has 2 aromatic carbocycles. The molecule has 1 saturated heterocycles. The molecule has 5 rings (SSSR count). The maximum atomic E-state index is 3.62. The fourth-order valence-electron chi connectivity index (χ4n) is 5.06. The van der Waals surface area contributed by atoms with Gasteiger partial charge in [0.05, 0.1) is 11.4 Å². The summed E-state index contributed by atoms with van der Waals surface area (Å²) in [7, 11) is 0. The highest BCUT2D eigenvalue weighted by atomic mass is 32.2. The van der Waals surface area contributed by atoms with E-state index in [1.54, 1.807) is 0 Å². The summed E-state index contributed by atoms with van der Waals surface area (Å²) in [5, 5.41) is 3.62. The Labute approximate surface area is 191 Å². The lowest BCUT2D eigenvalue weighted by atomic mass is 10.0. The maximum absolute atomic E-state index is 3.62. The first kappa shape index (κ1) is 20.9. The van der Waals surface area contributed by atoms with Crippen molar-refractivity contribution in [3.63, 3.8) is 0 Å². The zero-order valence-electron chi connectivity index (χ0n) is 18.8. The van der Waals surface area contributed by atoms with Crippen molar-refractivity contribution in [2.45, 2.75) is 49.5 Å². The van der Waals surface area contributed by atoms with Crippen LogP contribution in [0.3, 0.4) is 0 Å². The quantitative estimate of drug-likeness (QED) is 0.603. The largest absolute Gasteiger partial charge is 0.340 e. The average molecular weight is 435 g/mol. The van der Waals surface area contributed by atoms with Gasteiger partial charge >= 0.3 is 0 Å². The molecule has 31 heavy (non-hydrogen) atoms. The summed E-state index contributed by atoms with van der Waals surface area (Å²) in [4.78, 5) is 9.01. The number of hydrogen-bond donors (Lipinski definition) is 1. The smallest absolute Gasteiger partial charge is 0.159 e. The lowest BCUT2D eigenvalue weighted by Gasteiger charge is -2.30. The highest BCUT2D eigenvalue weighted by Crippen LogP contribution is 2.50. The van der Waals surface area contributed by atoms with Crippen LogP contribution >= 0.6 is 11.8 Å². The average Bonchev–Trinajstić information content (AvgIpc) is 3.54. The normalized spacial score (nSPS) is 22.2. The van der Waals surface area contributed by atoms with E-state index in [2.05, 4.69) is 88.6 Å². The van der Waals surface area contributed by atoms with Crippen LogP contribution in [0.5, 0.6) is 0 Å². The Morgan fingerprint density at radius 2 is 1.87 bits per heavy atom. The van der Waals surface area contributed by atoms with Crippen LogP contribution in [-0.4, -0.2) is 48.0 Å². The molecule has 0 saturated carbocycles. The van der Waals surface area contributed by atoms with Crippen molar-refractivity contribution in [3.8, 4) is 0 Å². The lowest BCUT2D eigenvalue weighted by molar-refractivity contribution is 0.278. The van der Waals surface area contributed by atoms with Gasteiger partial charge in [-0.15, -0.1) is 0 Å². The van der Waals surface area contributed by atoms with Gasteiger partial charge in [0.15, 0.2) is 5.50 Å². The summed E-state index contributed by atoms with van der Waals surface area (Å²) in [6.07, 6.45) is 6.10. The number of rotatable bonds is 8. The van der Waals surface area contributed by atoms with Gasteiger partial charge in [-0.3, -0.25) is 0 Å². The first-order chi connectivity index (χ1) is 15.3. The summed E-state index contributed by atoms with van der Waals surface area (Å²) < 4.78 is 0.